The molecule has 0 N–H and O–H groups in total. The molecule has 31 heavy (non-hydrogen) atoms. The second-order valence-electron chi connectivity index (χ2n) is 8.15. The van der Waals surface area contributed by atoms with Gasteiger partial charge >= 0.3 is 0 Å². The number of aryl methyl sites for hydroxylation is 1. The number of unbranched alkanes of at least 4 members (excludes halogenated alkanes) is 6. The Bertz CT molecular complexity index is 563. The van der Waals surface area contributed by atoms with Crippen LogP contribution in [0, 0.1) is 17.6 Å². The second kappa shape index (κ2) is 16.6. The van der Waals surface area contributed by atoms with E-state index >= 15 is 0 Å². The van der Waals surface area contributed by atoms with Gasteiger partial charge in [-0.25, -0.2) is 8.78 Å². The molecule has 1 rings (SSSR count). The third-order valence-electron chi connectivity index (χ3n) is 5.69. The van der Waals surface area contributed by atoms with E-state index in [0.717, 1.165) is 44.1 Å². The zero-order valence-corrected chi connectivity index (χ0v) is 20.2. The van der Waals surface area contributed by atoms with E-state index in [9.17, 15) is 8.78 Å². The van der Waals surface area contributed by atoms with Crippen molar-refractivity contribution in [3.05, 3.63) is 35.4 Å². The Morgan fingerprint density at radius 3 is 1.81 bits per heavy atom. The van der Waals surface area contributed by atoms with Gasteiger partial charge in [0, 0.05) is 25.7 Å². The predicted octanol–water partition coefficient (Wildman–Crippen LogP) is 7.81. The van der Waals surface area contributed by atoms with Gasteiger partial charge in [0.15, 0.2) is 11.6 Å². The Morgan fingerprint density at radius 2 is 1.26 bits per heavy atom. The second-order valence-corrected chi connectivity index (χ2v) is 8.15. The van der Waals surface area contributed by atoms with E-state index in [0.29, 0.717) is 19.8 Å². The van der Waals surface area contributed by atoms with E-state index in [1.165, 1.54) is 44.2 Å². The highest BCUT2D eigenvalue weighted by Crippen LogP contribution is 2.34. The molecule has 1 atom stereocenters. The number of rotatable bonds is 19. The monoisotopic (exact) mass is 442 g/mol. The zero-order valence-electron chi connectivity index (χ0n) is 20.2. The van der Waals surface area contributed by atoms with Crippen molar-refractivity contribution in [1.29, 1.82) is 0 Å². The van der Waals surface area contributed by atoms with E-state index in [2.05, 4.69) is 6.92 Å². The Balaban J connectivity index is 2.71. The molecule has 0 spiro atoms. The Kier molecular flexibility index (Phi) is 15.0. The van der Waals surface area contributed by atoms with Gasteiger partial charge in [0.2, 0.25) is 0 Å². The molecule has 0 aliphatic rings. The van der Waals surface area contributed by atoms with E-state index in [1.807, 2.05) is 20.8 Å². The summed E-state index contributed by atoms with van der Waals surface area (Å²) in [4.78, 5) is 0. The van der Waals surface area contributed by atoms with Gasteiger partial charge in [-0.1, -0.05) is 57.9 Å². The zero-order chi connectivity index (χ0) is 23.0. The van der Waals surface area contributed by atoms with Crippen molar-refractivity contribution < 1.29 is 23.0 Å². The maximum atomic E-state index is 13.5. The van der Waals surface area contributed by atoms with E-state index in [-0.39, 0.29) is 5.92 Å². The summed E-state index contributed by atoms with van der Waals surface area (Å²) in [6.07, 6.45) is 12.0. The molecule has 5 heteroatoms. The fourth-order valence-electron chi connectivity index (χ4n) is 4.17. The summed E-state index contributed by atoms with van der Waals surface area (Å²) in [5.41, 5.74) is 0.831. The van der Waals surface area contributed by atoms with E-state index in [4.69, 9.17) is 14.2 Å². The van der Waals surface area contributed by atoms with Crippen LogP contribution in [0.25, 0.3) is 0 Å². The van der Waals surface area contributed by atoms with Gasteiger partial charge in [0.05, 0.1) is 0 Å². The number of ether oxygens (including phenoxy) is 3. The molecule has 0 fully saturated rings. The number of hydrogen-bond acceptors (Lipinski definition) is 3. The molecule has 0 amide bonds. The molecule has 0 aliphatic carbocycles. The van der Waals surface area contributed by atoms with Gasteiger partial charge in [0.1, 0.15) is 0 Å². The van der Waals surface area contributed by atoms with Gasteiger partial charge in [-0.3, -0.25) is 0 Å². The third kappa shape index (κ3) is 10.4. The van der Waals surface area contributed by atoms with E-state index in [1.54, 1.807) is 6.07 Å². The van der Waals surface area contributed by atoms with Gasteiger partial charge < -0.3 is 14.2 Å². The van der Waals surface area contributed by atoms with Crippen LogP contribution in [-0.4, -0.2) is 25.8 Å². The van der Waals surface area contributed by atoms with Crippen LogP contribution in [-0.2, 0) is 20.6 Å². The van der Waals surface area contributed by atoms with Crippen LogP contribution in [0.1, 0.15) is 97.5 Å². The van der Waals surface area contributed by atoms with Crippen LogP contribution in [0.15, 0.2) is 18.2 Å². The lowest BCUT2D eigenvalue weighted by molar-refractivity contribution is -0.403. The van der Waals surface area contributed by atoms with Gasteiger partial charge in [0.25, 0.3) is 5.97 Å². The maximum absolute atomic E-state index is 13.5. The standard InChI is InChI=1S/C26H44F2O3/c1-5-9-10-11-12-13-17-23(26(29-6-2,30-7-3)31-8-4)18-15-14-16-22-19-20-24(27)25(28)21-22/h19-21,23H,5-18H2,1-4H3. The molecule has 180 valence electrons. The number of halogens is 2. The first-order valence-corrected chi connectivity index (χ1v) is 12.4. The van der Waals surface area contributed by atoms with Crippen LogP contribution in [0.5, 0.6) is 0 Å². The summed E-state index contributed by atoms with van der Waals surface area (Å²) in [5, 5.41) is 0. The summed E-state index contributed by atoms with van der Waals surface area (Å²) >= 11 is 0. The summed E-state index contributed by atoms with van der Waals surface area (Å²) in [5.74, 6) is -2.42. The van der Waals surface area contributed by atoms with E-state index < -0.39 is 17.6 Å². The van der Waals surface area contributed by atoms with Crippen LogP contribution >= 0.6 is 0 Å². The molecular formula is C26H44F2O3. The molecule has 0 heterocycles. The Morgan fingerprint density at radius 1 is 0.710 bits per heavy atom. The minimum Gasteiger partial charge on any atom is -0.328 e. The predicted molar refractivity (Wildman–Crippen MR) is 123 cm³/mol. The molecule has 0 aromatic heterocycles. The topological polar surface area (TPSA) is 27.7 Å². The van der Waals surface area contributed by atoms with Crippen molar-refractivity contribution in [2.75, 3.05) is 19.8 Å². The van der Waals surface area contributed by atoms with Gasteiger partial charge in [-0.15, -0.1) is 0 Å². The molecule has 0 saturated carbocycles. The van der Waals surface area contributed by atoms with Gasteiger partial charge in [-0.05, 0) is 64.2 Å². The van der Waals surface area contributed by atoms with Crippen molar-refractivity contribution in [1.82, 2.24) is 0 Å². The average molecular weight is 443 g/mol. The smallest absolute Gasteiger partial charge is 0.285 e. The Hall–Kier alpha value is -1.04. The highest BCUT2D eigenvalue weighted by Gasteiger charge is 2.41. The fourth-order valence-corrected chi connectivity index (χ4v) is 4.17. The lowest BCUT2D eigenvalue weighted by atomic mass is 9.91. The normalized spacial score (nSPS) is 13.0. The van der Waals surface area contributed by atoms with Crippen LogP contribution in [0.2, 0.25) is 0 Å². The van der Waals surface area contributed by atoms with Crippen molar-refractivity contribution in [3.63, 3.8) is 0 Å². The molecule has 3 nitrogen and oxygen atoms in total. The fraction of sp³-hybridized carbons (Fsp3) is 0.769. The summed E-state index contributed by atoms with van der Waals surface area (Å²) < 4.78 is 44.8. The first kappa shape index (κ1) is 28.0. The molecular weight excluding hydrogens is 398 g/mol. The molecule has 0 radical (unpaired) electrons. The third-order valence-corrected chi connectivity index (χ3v) is 5.69. The highest BCUT2D eigenvalue weighted by atomic mass is 19.2. The van der Waals surface area contributed by atoms with Crippen molar-refractivity contribution in [2.45, 2.75) is 104 Å². The number of hydrogen-bond donors (Lipinski definition) is 0. The molecule has 0 saturated heterocycles. The van der Waals surface area contributed by atoms with Crippen LogP contribution in [0.3, 0.4) is 0 Å². The maximum Gasteiger partial charge on any atom is 0.285 e. The summed E-state index contributed by atoms with van der Waals surface area (Å²) in [6, 6.07) is 4.17. The minimum absolute atomic E-state index is 0.142. The first-order chi connectivity index (χ1) is 15.0. The quantitative estimate of drug-likeness (QED) is 0.161. The van der Waals surface area contributed by atoms with Gasteiger partial charge in [-0.2, -0.15) is 0 Å². The van der Waals surface area contributed by atoms with Crippen molar-refractivity contribution in [2.24, 2.45) is 5.92 Å². The summed E-state index contributed by atoms with van der Waals surface area (Å²) in [7, 11) is 0. The molecule has 1 unspecified atom stereocenters. The van der Waals surface area contributed by atoms with Crippen LogP contribution < -0.4 is 0 Å². The molecule has 1 aromatic carbocycles. The molecule has 0 bridgehead atoms. The van der Waals surface area contributed by atoms with Crippen LogP contribution in [0.4, 0.5) is 8.78 Å². The SMILES string of the molecule is CCCCCCCCC(CCCCc1ccc(F)c(F)c1)C(OCC)(OCC)OCC. The van der Waals surface area contributed by atoms with Crippen molar-refractivity contribution >= 4 is 0 Å². The molecule has 1 aromatic rings. The minimum atomic E-state index is -0.996. The first-order valence-electron chi connectivity index (χ1n) is 12.4. The lowest BCUT2D eigenvalue weighted by Gasteiger charge is -2.39. The lowest BCUT2D eigenvalue weighted by Crippen LogP contribution is -2.46. The molecule has 0 aliphatic heterocycles. The summed E-state index contributed by atoms with van der Waals surface area (Å²) in [6.45, 7) is 9.73. The Labute approximate surface area is 188 Å². The highest BCUT2D eigenvalue weighted by molar-refractivity contribution is 5.17. The van der Waals surface area contributed by atoms with Crippen molar-refractivity contribution in [3.8, 4) is 0 Å². The number of benzene rings is 1. The largest absolute Gasteiger partial charge is 0.328 e. The average Bonchev–Trinajstić information content (AvgIpc) is 2.75.